The average molecular weight is 154 g/mol. The Bertz CT molecular complexity index is 203. The van der Waals surface area contributed by atoms with Crippen LogP contribution >= 0.6 is 0 Å². The van der Waals surface area contributed by atoms with Gasteiger partial charge in [-0.05, 0) is 6.42 Å². The molecule has 1 rings (SSSR count). The van der Waals surface area contributed by atoms with Crippen LogP contribution in [0.25, 0.3) is 0 Å². The van der Waals surface area contributed by atoms with Gasteiger partial charge in [0.15, 0.2) is 0 Å². The van der Waals surface area contributed by atoms with Gasteiger partial charge in [0, 0.05) is 6.42 Å². The standard InChI is InChI=1S/C7H10N2O2/c1-2-3-4-7(8-9-7)5-6(10)11/h1,8-9H,3-5H2,(H,10,11). The first-order valence-electron chi connectivity index (χ1n) is 3.38. The maximum atomic E-state index is 10.3. The minimum Gasteiger partial charge on any atom is -0.481 e. The molecular weight excluding hydrogens is 144 g/mol. The molecule has 0 amide bonds. The van der Waals surface area contributed by atoms with Crippen LogP contribution in [0.2, 0.25) is 0 Å². The van der Waals surface area contributed by atoms with E-state index in [9.17, 15) is 4.79 Å². The molecule has 60 valence electrons. The van der Waals surface area contributed by atoms with Crippen molar-refractivity contribution in [1.29, 1.82) is 0 Å². The lowest BCUT2D eigenvalue weighted by Gasteiger charge is -2.04. The van der Waals surface area contributed by atoms with Crippen LogP contribution < -0.4 is 10.9 Å². The predicted octanol–water partition coefficient (Wildman–Crippen LogP) is -0.321. The summed E-state index contributed by atoms with van der Waals surface area (Å²) in [7, 11) is 0. The molecule has 1 heterocycles. The fraction of sp³-hybridized carbons (Fsp3) is 0.571. The van der Waals surface area contributed by atoms with Crippen molar-refractivity contribution >= 4 is 5.97 Å². The quantitative estimate of drug-likeness (QED) is 0.383. The molecule has 1 aliphatic heterocycles. The molecule has 0 atom stereocenters. The molecule has 4 heteroatoms. The number of hydrogen-bond acceptors (Lipinski definition) is 3. The molecule has 0 aromatic carbocycles. The van der Waals surface area contributed by atoms with Gasteiger partial charge in [0.2, 0.25) is 0 Å². The Labute approximate surface area is 64.9 Å². The van der Waals surface area contributed by atoms with Crippen molar-refractivity contribution < 1.29 is 9.90 Å². The first-order valence-corrected chi connectivity index (χ1v) is 3.38. The monoisotopic (exact) mass is 154 g/mol. The van der Waals surface area contributed by atoms with Gasteiger partial charge in [0.1, 0.15) is 5.66 Å². The zero-order chi connectivity index (χ0) is 8.32. The number of rotatable bonds is 4. The van der Waals surface area contributed by atoms with Crippen LogP contribution in [0.1, 0.15) is 19.3 Å². The summed E-state index contributed by atoms with van der Waals surface area (Å²) in [4.78, 5) is 10.3. The Kier molecular flexibility index (Phi) is 2.13. The van der Waals surface area contributed by atoms with E-state index >= 15 is 0 Å². The average Bonchev–Trinajstić information content (AvgIpc) is 2.64. The Balaban J connectivity index is 2.30. The SMILES string of the molecule is C#CCCC1(CC(=O)O)NN1. The third kappa shape index (κ3) is 2.22. The van der Waals surface area contributed by atoms with E-state index in [-0.39, 0.29) is 6.42 Å². The highest BCUT2D eigenvalue weighted by molar-refractivity contribution is 5.68. The van der Waals surface area contributed by atoms with Crippen LogP contribution in [-0.4, -0.2) is 16.7 Å². The Morgan fingerprint density at radius 3 is 2.64 bits per heavy atom. The van der Waals surface area contributed by atoms with E-state index in [0.717, 1.165) is 0 Å². The summed E-state index contributed by atoms with van der Waals surface area (Å²) >= 11 is 0. The van der Waals surface area contributed by atoms with Crippen LogP contribution in [-0.2, 0) is 4.79 Å². The second-order valence-electron chi connectivity index (χ2n) is 2.61. The second kappa shape index (κ2) is 2.91. The summed E-state index contributed by atoms with van der Waals surface area (Å²) in [5.41, 5.74) is 5.16. The third-order valence-electron chi connectivity index (χ3n) is 1.63. The second-order valence-corrected chi connectivity index (χ2v) is 2.61. The van der Waals surface area contributed by atoms with E-state index in [1.807, 2.05) is 0 Å². The van der Waals surface area contributed by atoms with Crippen molar-refractivity contribution in [3.05, 3.63) is 0 Å². The van der Waals surface area contributed by atoms with Gasteiger partial charge in [-0.2, -0.15) is 0 Å². The Hall–Kier alpha value is -1.05. The molecule has 0 saturated carbocycles. The molecule has 0 aromatic heterocycles. The molecule has 1 saturated heterocycles. The number of carboxylic acid groups (broad SMARTS) is 1. The zero-order valence-electron chi connectivity index (χ0n) is 6.05. The number of nitrogens with one attached hydrogen (secondary N) is 2. The summed E-state index contributed by atoms with van der Waals surface area (Å²) in [5.74, 6) is 1.64. The van der Waals surface area contributed by atoms with E-state index in [1.165, 1.54) is 0 Å². The number of carboxylic acids is 1. The highest BCUT2D eigenvalue weighted by Crippen LogP contribution is 2.21. The summed E-state index contributed by atoms with van der Waals surface area (Å²) in [6.45, 7) is 0. The lowest BCUT2D eigenvalue weighted by atomic mass is 10.1. The molecule has 1 fully saturated rings. The highest BCUT2D eigenvalue weighted by Gasteiger charge is 2.42. The maximum Gasteiger partial charge on any atom is 0.306 e. The first-order chi connectivity index (χ1) is 5.18. The van der Waals surface area contributed by atoms with Gasteiger partial charge in [-0.25, -0.2) is 10.9 Å². The van der Waals surface area contributed by atoms with Crippen molar-refractivity contribution in [2.45, 2.75) is 24.9 Å². The van der Waals surface area contributed by atoms with Gasteiger partial charge >= 0.3 is 5.97 Å². The van der Waals surface area contributed by atoms with E-state index in [2.05, 4.69) is 16.8 Å². The van der Waals surface area contributed by atoms with Crippen molar-refractivity contribution in [3.63, 3.8) is 0 Å². The van der Waals surface area contributed by atoms with Crippen LogP contribution in [0.15, 0.2) is 0 Å². The van der Waals surface area contributed by atoms with E-state index in [1.54, 1.807) is 0 Å². The van der Waals surface area contributed by atoms with E-state index < -0.39 is 11.6 Å². The largest absolute Gasteiger partial charge is 0.481 e. The molecule has 0 aliphatic carbocycles. The van der Waals surface area contributed by atoms with Gasteiger partial charge in [0.05, 0.1) is 6.42 Å². The van der Waals surface area contributed by atoms with Crippen LogP contribution in [0.3, 0.4) is 0 Å². The summed E-state index contributed by atoms with van der Waals surface area (Å²) in [6.07, 6.45) is 6.37. The number of aliphatic carboxylic acids is 1. The fourth-order valence-corrected chi connectivity index (χ4v) is 0.934. The van der Waals surface area contributed by atoms with Crippen LogP contribution in [0.4, 0.5) is 0 Å². The van der Waals surface area contributed by atoms with Crippen LogP contribution in [0, 0.1) is 12.3 Å². The number of carbonyl (C=O) groups is 1. The minimum atomic E-state index is -0.820. The number of hydrogen-bond donors (Lipinski definition) is 3. The van der Waals surface area contributed by atoms with Crippen molar-refractivity contribution in [2.24, 2.45) is 0 Å². The molecule has 0 radical (unpaired) electrons. The molecule has 11 heavy (non-hydrogen) atoms. The van der Waals surface area contributed by atoms with Crippen molar-refractivity contribution in [3.8, 4) is 12.3 Å². The fourth-order valence-electron chi connectivity index (χ4n) is 0.934. The smallest absolute Gasteiger partial charge is 0.306 e. The molecule has 0 bridgehead atoms. The van der Waals surface area contributed by atoms with Gasteiger partial charge in [-0.15, -0.1) is 12.3 Å². The number of hydrazine groups is 1. The molecule has 0 unspecified atom stereocenters. The summed E-state index contributed by atoms with van der Waals surface area (Å²) in [6, 6.07) is 0. The zero-order valence-corrected chi connectivity index (χ0v) is 6.05. The van der Waals surface area contributed by atoms with Gasteiger partial charge in [-0.3, -0.25) is 4.79 Å². The van der Waals surface area contributed by atoms with Gasteiger partial charge < -0.3 is 5.11 Å². The molecule has 0 aromatic rings. The normalized spacial score (nSPS) is 18.8. The highest BCUT2D eigenvalue weighted by atomic mass is 16.4. The predicted molar refractivity (Wildman–Crippen MR) is 39.3 cm³/mol. The Morgan fingerprint density at radius 2 is 2.27 bits per heavy atom. The van der Waals surface area contributed by atoms with Gasteiger partial charge in [-0.1, -0.05) is 0 Å². The molecule has 0 spiro atoms. The summed E-state index contributed by atoms with van der Waals surface area (Å²) in [5, 5.41) is 8.46. The first kappa shape index (κ1) is 8.05. The number of terminal acetylenes is 1. The maximum absolute atomic E-state index is 10.3. The molecule has 4 nitrogen and oxygen atoms in total. The summed E-state index contributed by atoms with van der Waals surface area (Å²) < 4.78 is 0. The topological polar surface area (TPSA) is 81.2 Å². The van der Waals surface area contributed by atoms with E-state index in [4.69, 9.17) is 11.5 Å². The van der Waals surface area contributed by atoms with Crippen molar-refractivity contribution in [2.75, 3.05) is 0 Å². The van der Waals surface area contributed by atoms with Crippen molar-refractivity contribution in [1.82, 2.24) is 10.9 Å². The molecular formula is C7H10N2O2. The van der Waals surface area contributed by atoms with E-state index in [0.29, 0.717) is 12.8 Å². The minimum absolute atomic E-state index is 0.0781. The molecule has 3 N–H and O–H groups in total. The lowest BCUT2D eigenvalue weighted by Crippen LogP contribution is -2.21. The van der Waals surface area contributed by atoms with Crippen LogP contribution in [0.5, 0.6) is 0 Å². The van der Waals surface area contributed by atoms with Gasteiger partial charge in [0.25, 0.3) is 0 Å². The molecule has 1 aliphatic rings. The lowest BCUT2D eigenvalue weighted by molar-refractivity contribution is -0.137. The third-order valence-corrected chi connectivity index (χ3v) is 1.63. The Morgan fingerprint density at radius 1 is 1.64 bits per heavy atom.